The van der Waals surface area contributed by atoms with Crippen LogP contribution in [0.25, 0.3) is 0 Å². The van der Waals surface area contributed by atoms with E-state index >= 15 is 0 Å². The average molecular weight is 378 g/mol. The highest BCUT2D eigenvalue weighted by atomic mass is 16.3. The number of fused-ring (bicyclic) bond motifs is 2. The van der Waals surface area contributed by atoms with Crippen molar-refractivity contribution in [2.24, 2.45) is 0 Å². The van der Waals surface area contributed by atoms with E-state index in [0.717, 1.165) is 37.8 Å². The molecule has 1 atom stereocenters. The third-order valence-corrected chi connectivity index (χ3v) is 5.95. The van der Waals surface area contributed by atoms with Gasteiger partial charge in [0.05, 0.1) is 11.1 Å². The van der Waals surface area contributed by atoms with Gasteiger partial charge in [0.25, 0.3) is 11.8 Å². The number of hydrogen-bond acceptors (Lipinski definition) is 4. The second kappa shape index (κ2) is 7.76. The maximum absolute atomic E-state index is 12.6. The van der Waals surface area contributed by atoms with Gasteiger partial charge in [0.2, 0.25) is 0 Å². The molecular formula is C23H26N2O3. The number of rotatable bonds is 6. The normalized spacial score (nSPS) is 18.5. The molecule has 0 saturated heterocycles. The Labute approximate surface area is 165 Å². The second-order valence-corrected chi connectivity index (χ2v) is 7.65. The smallest absolute Gasteiger partial charge is 0.261 e. The van der Waals surface area contributed by atoms with Crippen LogP contribution < -0.4 is 0 Å². The highest BCUT2D eigenvalue weighted by Crippen LogP contribution is 2.31. The summed E-state index contributed by atoms with van der Waals surface area (Å²) in [7, 11) is 0. The molecular weight excluding hydrogens is 352 g/mol. The zero-order chi connectivity index (χ0) is 19.7. The first-order chi connectivity index (χ1) is 13.6. The molecule has 0 fully saturated rings. The molecule has 0 bridgehead atoms. The minimum Gasteiger partial charge on any atom is -0.508 e. The van der Waals surface area contributed by atoms with Gasteiger partial charge in [-0.3, -0.25) is 19.4 Å². The third-order valence-electron chi connectivity index (χ3n) is 5.95. The number of imide groups is 1. The highest BCUT2D eigenvalue weighted by Gasteiger charge is 2.35. The second-order valence-electron chi connectivity index (χ2n) is 7.65. The Morgan fingerprint density at radius 3 is 2.43 bits per heavy atom. The van der Waals surface area contributed by atoms with Crippen LogP contribution in [0, 0.1) is 0 Å². The van der Waals surface area contributed by atoms with Gasteiger partial charge in [-0.1, -0.05) is 31.2 Å². The number of carbonyl (C=O) groups is 2. The van der Waals surface area contributed by atoms with Gasteiger partial charge in [0.15, 0.2) is 0 Å². The molecule has 4 rings (SSSR count). The molecule has 2 aromatic rings. The Morgan fingerprint density at radius 1 is 1.04 bits per heavy atom. The first kappa shape index (κ1) is 18.7. The summed E-state index contributed by atoms with van der Waals surface area (Å²) in [4.78, 5) is 29.0. The summed E-state index contributed by atoms with van der Waals surface area (Å²) >= 11 is 0. The van der Waals surface area contributed by atoms with Gasteiger partial charge in [-0.05, 0) is 61.6 Å². The monoisotopic (exact) mass is 378 g/mol. The molecule has 146 valence electrons. The molecule has 1 N–H and O–H groups in total. The van der Waals surface area contributed by atoms with Gasteiger partial charge in [-0.15, -0.1) is 0 Å². The molecule has 5 heteroatoms. The topological polar surface area (TPSA) is 60.9 Å². The molecule has 2 amide bonds. The summed E-state index contributed by atoms with van der Waals surface area (Å²) < 4.78 is 0. The van der Waals surface area contributed by atoms with Crippen LogP contribution in [0.2, 0.25) is 0 Å². The minimum absolute atomic E-state index is 0.184. The van der Waals surface area contributed by atoms with Crippen molar-refractivity contribution >= 4 is 11.8 Å². The number of amides is 2. The van der Waals surface area contributed by atoms with Crippen molar-refractivity contribution in [3.63, 3.8) is 0 Å². The summed E-state index contributed by atoms with van der Waals surface area (Å²) in [6, 6.07) is 13.2. The Bertz CT molecular complexity index is 873. The van der Waals surface area contributed by atoms with Crippen LogP contribution in [0.4, 0.5) is 0 Å². The van der Waals surface area contributed by atoms with E-state index in [1.54, 1.807) is 30.3 Å². The van der Waals surface area contributed by atoms with Gasteiger partial charge < -0.3 is 5.11 Å². The lowest BCUT2D eigenvalue weighted by Gasteiger charge is -2.36. The van der Waals surface area contributed by atoms with Crippen molar-refractivity contribution < 1.29 is 14.7 Å². The van der Waals surface area contributed by atoms with Crippen LogP contribution in [0.1, 0.15) is 51.6 Å². The third kappa shape index (κ3) is 3.31. The predicted molar refractivity (Wildman–Crippen MR) is 108 cm³/mol. The number of phenols is 1. The van der Waals surface area contributed by atoms with E-state index in [0.29, 0.717) is 36.0 Å². The van der Waals surface area contributed by atoms with E-state index in [9.17, 15) is 14.7 Å². The van der Waals surface area contributed by atoms with Crippen LogP contribution in [0.5, 0.6) is 5.75 Å². The minimum atomic E-state index is -0.184. The van der Waals surface area contributed by atoms with Crippen LogP contribution in [-0.4, -0.2) is 52.4 Å². The Morgan fingerprint density at radius 2 is 1.75 bits per heavy atom. The summed E-state index contributed by atoms with van der Waals surface area (Å²) in [5.41, 5.74) is 3.29. The average Bonchev–Trinajstić information content (AvgIpc) is 2.96. The van der Waals surface area contributed by atoms with E-state index in [-0.39, 0.29) is 11.8 Å². The summed E-state index contributed by atoms with van der Waals surface area (Å²) in [5, 5.41) is 10.1. The van der Waals surface area contributed by atoms with Crippen molar-refractivity contribution in [2.75, 3.05) is 19.6 Å². The standard InChI is InChI=1S/C23H26N2O3/c1-2-12-24(17-10-11-18-16(15-17)6-5-9-21(18)26)13-14-25-22(27)19-7-3-4-8-20(19)23(25)28/h3-9,17,26H,2,10-15H2,1H3. The SMILES string of the molecule is CCCN(CCN1C(=O)c2ccccc2C1=O)C1CCc2c(O)cccc2C1. The molecule has 28 heavy (non-hydrogen) atoms. The van der Waals surface area contributed by atoms with Crippen molar-refractivity contribution in [3.05, 3.63) is 64.7 Å². The first-order valence-electron chi connectivity index (χ1n) is 10.1. The number of benzene rings is 2. The molecule has 1 aliphatic heterocycles. The van der Waals surface area contributed by atoms with E-state index in [1.807, 2.05) is 6.07 Å². The lowest BCUT2D eigenvalue weighted by molar-refractivity contribution is 0.0619. The van der Waals surface area contributed by atoms with Crippen molar-refractivity contribution in [1.82, 2.24) is 9.80 Å². The fourth-order valence-corrected chi connectivity index (χ4v) is 4.51. The number of carbonyl (C=O) groups excluding carboxylic acids is 2. The van der Waals surface area contributed by atoms with Crippen molar-refractivity contribution in [3.8, 4) is 5.75 Å². The van der Waals surface area contributed by atoms with Crippen molar-refractivity contribution in [2.45, 2.75) is 38.6 Å². The molecule has 0 saturated carbocycles. The molecule has 1 heterocycles. The first-order valence-corrected chi connectivity index (χ1v) is 10.1. The predicted octanol–water partition coefficient (Wildman–Crippen LogP) is 3.26. The number of hydrogen-bond donors (Lipinski definition) is 1. The van der Waals surface area contributed by atoms with Crippen LogP contribution >= 0.6 is 0 Å². The molecule has 0 aromatic heterocycles. The number of phenolic OH excluding ortho intramolecular Hbond substituents is 1. The number of aromatic hydroxyl groups is 1. The van der Waals surface area contributed by atoms with Gasteiger partial charge >= 0.3 is 0 Å². The fraction of sp³-hybridized carbons (Fsp3) is 0.391. The zero-order valence-electron chi connectivity index (χ0n) is 16.2. The molecule has 1 unspecified atom stereocenters. The molecule has 0 spiro atoms. The van der Waals surface area contributed by atoms with Gasteiger partial charge in [-0.2, -0.15) is 0 Å². The van der Waals surface area contributed by atoms with Gasteiger partial charge in [0.1, 0.15) is 5.75 Å². The largest absolute Gasteiger partial charge is 0.508 e. The summed E-state index contributed by atoms with van der Waals surface area (Å²) in [6.45, 7) is 4.17. The van der Waals surface area contributed by atoms with Crippen LogP contribution in [0.3, 0.4) is 0 Å². The Kier molecular flexibility index (Phi) is 5.18. The van der Waals surface area contributed by atoms with Crippen LogP contribution in [-0.2, 0) is 12.8 Å². The van der Waals surface area contributed by atoms with Crippen molar-refractivity contribution in [1.29, 1.82) is 0 Å². The lowest BCUT2D eigenvalue weighted by Crippen LogP contribution is -2.45. The van der Waals surface area contributed by atoms with E-state index in [2.05, 4.69) is 17.9 Å². The van der Waals surface area contributed by atoms with Gasteiger partial charge in [-0.25, -0.2) is 0 Å². The maximum Gasteiger partial charge on any atom is 0.261 e. The molecule has 5 nitrogen and oxygen atoms in total. The molecule has 1 aliphatic carbocycles. The maximum atomic E-state index is 12.6. The quantitative estimate of drug-likeness (QED) is 0.784. The summed E-state index contributed by atoms with van der Waals surface area (Å²) in [6.07, 6.45) is 3.75. The highest BCUT2D eigenvalue weighted by molar-refractivity contribution is 6.21. The van der Waals surface area contributed by atoms with Gasteiger partial charge in [0, 0.05) is 19.1 Å². The molecule has 0 radical (unpaired) electrons. The lowest BCUT2D eigenvalue weighted by atomic mass is 9.87. The summed E-state index contributed by atoms with van der Waals surface area (Å²) in [5.74, 6) is 0.0240. The zero-order valence-corrected chi connectivity index (χ0v) is 16.2. The van der Waals surface area contributed by atoms with E-state index < -0.39 is 0 Å². The molecule has 2 aromatic carbocycles. The Balaban J connectivity index is 1.45. The van der Waals surface area contributed by atoms with E-state index in [4.69, 9.17) is 0 Å². The number of nitrogens with zero attached hydrogens (tertiary/aromatic N) is 2. The Hall–Kier alpha value is -2.66. The fourth-order valence-electron chi connectivity index (χ4n) is 4.51. The molecule has 2 aliphatic rings. The van der Waals surface area contributed by atoms with E-state index in [1.165, 1.54) is 10.5 Å². The van der Waals surface area contributed by atoms with Crippen LogP contribution in [0.15, 0.2) is 42.5 Å².